The molecule has 0 unspecified atom stereocenters. The summed E-state index contributed by atoms with van der Waals surface area (Å²) < 4.78 is 46.7. The fraction of sp³-hybridized carbons (Fsp3) is 0.375. The Morgan fingerprint density at radius 2 is 2.09 bits per heavy atom. The summed E-state index contributed by atoms with van der Waals surface area (Å²) in [7, 11) is -3.91. The van der Waals surface area contributed by atoms with Gasteiger partial charge in [0.15, 0.2) is 0 Å². The number of rotatable bonds is 6. The Balaban J connectivity index is 1.90. The number of halogens is 1. The molecule has 1 aliphatic heterocycles. The van der Waals surface area contributed by atoms with Crippen molar-refractivity contribution in [1.82, 2.24) is 4.31 Å². The van der Waals surface area contributed by atoms with Gasteiger partial charge in [-0.2, -0.15) is 4.31 Å². The smallest absolute Gasteiger partial charge is 0.246 e. The maximum atomic E-state index is 14.0. The molecule has 0 saturated carbocycles. The molecule has 0 bridgehead atoms. The van der Waals surface area contributed by atoms with Gasteiger partial charge in [0.2, 0.25) is 10.0 Å². The van der Waals surface area contributed by atoms with E-state index in [1.807, 2.05) is 17.5 Å². The Labute approximate surface area is 139 Å². The van der Waals surface area contributed by atoms with Crippen LogP contribution < -0.4 is 0 Å². The molecule has 23 heavy (non-hydrogen) atoms. The highest BCUT2D eigenvalue weighted by Crippen LogP contribution is 2.25. The van der Waals surface area contributed by atoms with Crippen LogP contribution in [-0.4, -0.2) is 32.0 Å². The third-order valence-electron chi connectivity index (χ3n) is 3.80. The Hall–Kier alpha value is -1.28. The van der Waals surface area contributed by atoms with Crippen LogP contribution in [-0.2, 0) is 21.3 Å². The molecule has 1 saturated heterocycles. The van der Waals surface area contributed by atoms with Crippen LogP contribution in [0.2, 0.25) is 0 Å². The lowest BCUT2D eigenvalue weighted by atomic mass is 10.2. The average Bonchev–Trinajstić information content (AvgIpc) is 3.20. The summed E-state index contributed by atoms with van der Waals surface area (Å²) in [5.74, 6) is -0.726. The molecule has 3 rings (SSSR count). The first-order chi connectivity index (χ1) is 11.1. The van der Waals surface area contributed by atoms with E-state index in [9.17, 15) is 12.8 Å². The predicted molar refractivity (Wildman–Crippen MR) is 87.3 cm³/mol. The Kier molecular flexibility index (Phi) is 5.11. The summed E-state index contributed by atoms with van der Waals surface area (Å²) >= 11 is 1.48. The average molecular weight is 355 g/mol. The van der Waals surface area contributed by atoms with Gasteiger partial charge in [-0.05, 0) is 36.4 Å². The Morgan fingerprint density at radius 1 is 1.26 bits per heavy atom. The Morgan fingerprint density at radius 3 is 2.74 bits per heavy atom. The summed E-state index contributed by atoms with van der Waals surface area (Å²) in [6.07, 6.45) is 1.63. The number of benzene rings is 1. The number of sulfonamides is 1. The minimum Gasteiger partial charge on any atom is -0.377 e. The van der Waals surface area contributed by atoms with Gasteiger partial charge < -0.3 is 4.74 Å². The van der Waals surface area contributed by atoms with Crippen LogP contribution in [0.15, 0.2) is 46.7 Å². The molecule has 0 radical (unpaired) electrons. The standard InChI is InChI=1S/C16H18FNO3S2/c17-15-7-1-2-8-16(15)23(19,20)18(11-13-5-3-9-21-13)12-14-6-4-10-22-14/h1-2,4,6-8,10,13H,3,5,9,11-12H2/t13-/m0/s1. The second kappa shape index (κ2) is 7.09. The minimum atomic E-state index is -3.91. The zero-order valence-corrected chi connectivity index (χ0v) is 14.2. The maximum Gasteiger partial charge on any atom is 0.246 e. The molecule has 0 amide bonds. The molecule has 0 spiro atoms. The second-order valence-corrected chi connectivity index (χ2v) is 8.38. The van der Waals surface area contributed by atoms with Gasteiger partial charge in [0, 0.05) is 24.6 Å². The number of nitrogens with zero attached hydrogens (tertiary/aromatic N) is 1. The van der Waals surface area contributed by atoms with Crippen molar-refractivity contribution >= 4 is 21.4 Å². The molecule has 1 fully saturated rings. The van der Waals surface area contributed by atoms with Crippen molar-refractivity contribution in [2.45, 2.75) is 30.4 Å². The molecule has 2 aromatic rings. The van der Waals surface area contributed by atoms with E-state index in [1.54, 1.807) is 0 Å². The monoisotopic (exact) mass is 355 g/mol. The molecule has 124 valence electrons. The lowest BCUT2D eigenvalue weighted by Crippen LogP contribution is -2.37. The van der Waals surface area contributed by atoms with E-state index in [1.165, 1.54) is 39.9 Å². The number of hydrogen-bond acceptors (Lipinski definition) is 4. The molecule has 0 N–H and O–H groups in total. The van der Waals surface area contributed by atoms with E-state index >= 15 is 0 Å². The van der Waals surface area contributed by atoms with Crippen LogP contribution in [0.5, 0.6) is 0 Å². The summed E-state index contributed by atoms with van der Waals surface area (Å²) in [5, 5.41) is 1.90. The summed E-state index contributed by atoms with van der Waals surface area (Å²) in [6.45, 7) is 1.13. The molecule has 2 heterocycles. The van der Waals surface area contributed by atoms with Crippen LogP contribution in [0.3, 0.4) is 0 Å². The quantitative estimate of drug-likeness (QED) is 0.799. The van der Waals surface area contributed by atoms with E-state index in [0.717, 1.165) is 17.7 Å². The van der Waals surface area contributed by atoms with Gasteiger partial charge in [-0.1, -0.05) is 18.2 Å². The van der Waals surface area contributed by atoms with Crippen LogP contribution >= 0.6 is 11.3 Å². The van der Waals surface area contributed by atoms with Gasteiger partial charge in [0.1, 0.15) is 10.7 Å². The molecule has 7 heteroatoms. The van der Waals surface area contributed by atoms with Crippen molar-refractivity contribution in [3.8, 4) is 0 Å². The molecule has 1 aromatic heterocycles. The van der Waals surface area contributed by atoms with Crippen molar-refractivity contribution < 1.29 is 17.5 Å². The number of ether oxygens (including phenoxy) is 1. The van der Waals surface area contributed by atoms with Gasteiger partial charge in [-0.3, -0.25) is 0 Å². The predicted octanol–water partition coefficient (Wildman–Crippen LogP) is 3.26. The van der Waals surface area contributed by atoms with E-state index < -0.39 is 15.8 Å². The van der Waals surface area contributed by atoms with E-state index in [2.05, 4.69) is 0 Å². The topological polar surface area (TPSA) is 46.6 Å². The Bertz CT molecular complexity index is 740. The second-order valence-electron chi connectivity index (χ2n) is 5.44. The summed E-state index contributed by atoms with van der Waals surface area (Å²) in [6, 6.07) is 9.25. The first-order valence-electron chi connectivity index (χ1n) is 7.46. The van der Waals surface area contributed by atoms with Gasteiger partial charge in [0.25, 0.3) is 0 Å². The molecule has 1 atom stereocenters. The summed E-state index contributed by atoms with van der Waals surface area (Å²) in [4.78, 5) is 0.637. The first-order valence-corrected chi connectivity index (χ1v) is 9.78. The molecular weight excluding hydrogens is 337 g/mol. The molecule has 4 nitrogen and oxygen atoms in total. The number of thiophene rings is 1. The van der Waals surface area contributed by atoms with E-state index in [4.69, 9.17) is 4.74 Å². The fourth-order valence-corrected chi connectivity index (χ4v) is 4.95. The van der Waals surface area contributed by atoms with E-state index in [0.29, 0.717) is 6.61 Å². The van der Waals surface area contributed by atoms with Crippen molar-refractivity contribution in [3.63, 3.8) is 0 Å². The van der Waals surface area contributed by atoms with Crippen molar-refractivity contribution in [2.75, 3.05) is 13.2 Å². The highest BCUT2D eigenvalue weighted by molar-refractivity contribution is 7.89. The van der Waals surface area contributed by atoms with Crippen LogP contribution in [0.25, 0.3) is 0 Å². The van der Waals surface area contributed by atoms with E-state index in [-0.39, 0.29) is 24.1 Å². The third kappa shape index (κ3) is 3.80. The largest absolute Gasteiger partial charge is 0.377 e. The minimum absolute atomic E-state index is 0.128. The third-order valence-corrected chi connectivity index (χ3v) is 6.50. The molecule has 1 aromatic carbocycles. The summed E-state index contributed by atoms with van der Waals surface area (Å²) in [5.41, 5.74) is 0. The van der Waals surface area contributed by atoms with Crippen LogP contribution in [0.1, 0.15) is 17.7 Å². The van der Waals surface area contributed by atoms with Gasteiger partial charge in [0.05, 0.1) is 6.10 Å². The molecule has 1 aliphatic rings. The SMILES string of the molecule is O=S(=O)(c1ccccc1F)N(Cc1cccs1)C[C@@H]1CCCO1. The van der Waals surface area contributed by atoms with Crippen molar-refractivity contribution in [1.29, 1.82) is 0 Å². The number of hydrogen-bond donors (Lipinski definition) is 0. The van der Waals surface area contributed by atoms with Crippen LogP contribution in [0, 0.1) is 5.82 Å². The van der Waals surface area contributed by atoms with Gasteiger partial charge in [-0.25, -0.2) is 12.8 Å². The maximum absolute atomic E-state index is 14.0. The lowest BCUT2D eigenvalue weighted by Gasteiger charge is -2.24. The normalized spacial score (nSPS) is 18.6. The van der Waals surface area contributed by atoms with Crippen molar-refractivity contribution in [2.24, 2.45) is 0 Å². The zero-order chi connectivity index (χ0) is 16.3. The molecule has 0 aliphatic carbocycles. The zero-order valence-electron chi connectivity index (χ0n) is 12.5. The van der Waals surface area contributed by atoms with Gasteiger partial charge in [-0.15, -0.1) is 11.3 Å². The lowest BCUT2D eigenvalue weighted by molar-refractivity contribution is 0.0927. The van der Waals surface area contributed by atoms with Crippen LogP contribution in [0.4, 0.5) is 4.39 Å². The highest BCUT2D eigenvalue weighted by Gasteiger charge is 2.31. The van der Waals surface area contributed by atoms with Crippen molar-refractivity contribution in [3.05, 3.63) is 52.5 Å². The molecular formula is C16H18FNO3S2. The van der Waals surface area contributed by atoms with Gasteiger partial charge >= 0.3 is 0 Å². The highest BCUT2D eigenvalue weighted by atomic mass is 32.2. The first kappa shape index (κ1) is 16.6. The fourth-order valence-electron chi connectivity index (χ4n) is 2.63.